The highest BCUT2D eigenvalue weighted by atomic mass is 16.7. The molecule has 8 heteroatoms. The summed E-state index contributed by atoms with van der Waals surface area (Å²) in [5, 5.41) is 0. The summed E-state index contributed by atoms with van der Waals surface area (Å²) in [6.07, 6.45) is -0.443. The number of ether oxygens (including phenoxy) is 2. The summed E-state index contributed by atoms with van der Waals surface area (Å²) in [5.74, 6) is -0.420. The zero-order chi connectivity index (χ0) is 27.9. The quantitative estimate of drug-likeness (QED) is 0.329. The lowest BCUT2D eigenvalue weighted by Crippen LogP contribution is -2.41. The van der Waals surface area contributed by atoms with Crippen molar-refractivity contribution < 1.29 is 28.4 Å². The second-order valence-corrected chi connectivity index (χ2v) is 11.1. The number of amides is 1. The Labute approximate surface area is 230 Å². The Morgan fingerprint density at radius 1 is 0.897 bits per heavy atom. The van der Waals surface area contributed by atoms with Gasteiger partial charge in [0.1, 0.15) is 6.61 Å². The van der Waals surface area contributed by atoms with Crippen molar-refractivity contribution in [2.75, 3.05) is 25.7 Å². The van der Waals surface area contributed by atoms with E-state index in [9.17, 15) is 9.59 Å². The van der Waals surface area contributed by atoms with Crippen molar-refractivity contribution >= 4 is 30.3 Å². The summed E-state index contributed by atoms with van der Waals surface area (Å²) < 4.78 is 23.2. The van der Waals surface area contributed by atoms with E-state index in [1.165, 1.54) is 23.1 Å². The molecule has 3 aromatic rings. The van der Waals surface area contributed by atoms with Gasteiger partial charge < -0.3 is 18.8 Å². The summed E-state index contributed by atoms with van der Waals surface area (Å²) in [4.78, 5) is 26.8. The van der Waals surface area contributed by atoms with Crippen molar-refractivity contribution in [2.24, 2.45) is 0 Å². The summed E-state index contributed by atoms with van der Waals surface area (Å²) >= 11 is 0. The molecule has 2 aliphatic rings. The summed E-state index contributed by atoms with van der Waals surface area (Å²) in [6, 6.07) is 21.9. The van der Waals surface area contributed by atoms with E-state index >= 15 is 0 Å². The van der Waals surface area contributed by atoms with Gasteiger partial charge in [0, 0.05) is 18.7 Å². The highest BCUT2D eigenvalue weighted by Crippen LogP contribution is 2.44. The second kappa shape index (κ2) is 10.2. The number of benzene rings is 3. The number of nitrogens with zero attached hydrogens (tertiary/aromatic N) is 1. The molecule has 1 heterocycles. The molecule has 1 fully saturated rings. The minimum absolute atomic E-state index is 0.0410. The van der Waals surface area contributed by atoms with Crippen LogP contribution in [0.15, 0.2) is 66.7 Å². The number of hydrogen-bond acceptors (Lipinski definition) is 6. The van der Waals surface area contributed by atoms with Crippen LogP contribution in [0.5, 0.6) is 0 Å². The van der Waals surface area contributed by atoms with Gasteiger partial charge in [-0.2, -0.15) is 0 Å². The molecule has 1 aliphatic heterocycles. The van der Waals surface area contributed by atoms with E-state index in [0.29, 0.717) is 16.7 Å². The lowest BCUT2D eigenvalue weighted by molar-refractivity contribution is -0.139. The summed E-state index contributed by atoms with van der Waals surface area (Å²) in [7, 11) is 2.36. The van der Waals surface area contributed by atoms with E-state index in [0.717, 1.165) is 11.1 Å². The molecule has 1 amide bonds. The summed E-state index contributed by atoms with van der Waals surface area (Å²) in [6.45, 7) is 8.14. The van der Waals surface area contributed by atoms with Gasteiger partial charge in [-0.05, 0) is 73.1 Å². The van der Waals surface area contributed by atoms with Gasteiger partial charge in [-0.25, -0.2) is 4.79 Å². The van der Waals surface area contributed by atoms with Crippen LogP contribution < -0.4 is 10.4 Å². The lowest BCUT2D eigenvalue weighted by atomic mass is 9.77. The average Bonchev–Trinajstić information content (AvgIpc) is 3.35. The molecule has 3 aromatic carbocycles. The molecule has 39 heavy (non-hydrogen) atoms. The number of carbonyl (C=O) groups is 2. The van der Waals surface area contributed by atoms with Crippen molar-refractivity contribution in [3.05, 3.63) is 83.4 Å². The van der Waals surface area contributed by atoms with Gasteiger partial charge in [-0.3, -0.25) is 9.69 Å². The van der Waals surface area contributed by atoms with Crippen LogP contribution in [-0.4, -0.2) is 51.1 Å². The first-order valence-electron chi connectivity index (χ1n) is 13.2. The highest BCUT2D eigenvalue weighted by Gasteiger charge is 2.51. The van der Waals surface area contributed by atoms with Gasteiger partial charge in [0.25, 0.3) is 0 Å². The fourth-order valence-electron chi connectivity index (χ4n) is 5.15. The number of rotatable bonds is 6. The smallest absolute Gasteiger partial charge is 0.469 e. The molecule has 0 aromatic heterocycles. The van der Waals surface area contributed by atoms with Gasteiger partial charge in [0.2, 0.25) is 0 Å². The first-order valence-corrected chi connectivity index (χ1v) is 13.2. The maximum Gasteiger partial charge on any atom is 0.494 e. The van der Waals surface area contributed by atoms with Gasteiger partial charge >= 0.3 is 19.2 Å². The highest BCUT2D eigenvalue weighted by molar-refractivity contribution is 6.62. The van der Waals surface area contributed by atoms with E-state index < -0.39 is 24.4 Å². The molecule has 7 nitrogen and oxygen atoms in total. The van der Waals surface area contributed by atoms with E-state index in [1.54, 1.807) is 13.1 Å². The van der Waals surface area contributed by atoms with Gasteiger partial charge in [-0.1, -0.05) is 54.6 Å². The first kappa shape index (κ1) is 27.0. The molecule has 1 saturated heterocycles. The standard InChI is InChI=1S/C31H34BNO6/c1-30(2)31(3,4)39-32(38-30)21-15-20(17-28(34)36-6)16-22(18-21)33(5)29(35)37-19-27-25-13-9-7-11-23(25)24-12-8-10-14-26(24)27/h7-16,18,27H,17,19H2,1-6H3. The van der Waals surface area contributed by atoms with Crippen molar-refractivity contribution in [1.29, 1.82) is 0 Å². The molecule has 0 unspecified atom stereocenters. The average molecular weight is 527 g/mol. The van der Waals surface area contributed by atoms with Crippen LogP contribution in [0, 0.1) is 0 Å². The first-order chi connectivity index (χ1) is 18.5. The Hall–Kier alpha value is -3.62. The Morgan fingerprint density at radius 2 is 1.46 bits per heavy atom. The van der Waals surface area contributed by atoms with Gasteiger partial charge in [0.15, 0.2) is 0 Å². The number of methoxy groups -OCH3 is 1. The van der Waals surface area contributed by atoms with Crippen LogP contribution >= 0.6 is 0 Å². The molecule has 0 atom stereocenters. The molecular formula is C31H34BNO6. The number of anilines is 1. The van der Waals surface area contributed by atoms with Crippen LogP contribution in [0.2, 0.25) is 0 Å². The molecule has 0 N–H and O–H groups in total. The van der Waals surface area contributed by atoms with Crippen molar-refractivity contribution in [3.63, 3.8) is 0 Å². The van der Waals surface area contributed by atoms with E-state index in [4.69, 9.17) is 18.8 Å². The normalized spacial score (nSPS) is 16.9. The third-order valence-corrected chi connectivity index (χ3v) is 8.10. The monoisotopic (exact) mass is 527 g/mol. The number of hydrogen-bond donors (Lipinski definition) is 0. The zero-order valence-corrected chi connectivity index (χ0v) is 23.3. The SMILES string of the molecule is COC(=O)Cc1cc(B2OC(C)(C)C(C)(C)O2)cc(N(C)C(=O)OCC2c3ccccc3-c3ccccc32)c1. The van der Waals surface area contributed by atoms with E-state index in [2.05, 4.69) is 24.3 Å². The Morgan fingerprint density at radius 3 is 2.03 bits per heavy atom. The minimum atomic E-state index is -0.651. The van der Waals surface area contributed by atoms with Gasteiger partial charge in [0.05, 0.1) is 24.7 Å². The third-order valence-electron chi connectivity index (χ3n) is 8.10. The molecule has 0 bridgehead atoms. The van der Waals surface area contributed by atoms with Crippen molar-refractivity contribution in [3.8, 4) is 11.1 Å². The van der Waals surface area contributed by atoms with E-state index in [1.807, 2.05) is 64.1 Å². The minimum Gasteiger partial charge on any atom is -0.469 e. The van der Waals surface area contributed by atoms with Crippen molar-refractivity contribution in [2.45, 2.75) is 51.2 Å². The second-order valence-electron chi connectivity index (χ2n) is 11.1. The molecule has 0 radical (unpaired) electrons. The molecule has 0 saturated carbocycles. The lowest BCUT2D eigenvalue weighted by Gasteiger charge is -2.32. The maximum atomic E-state index is 13.3. The number of fused-ring (bicyclic) bond motifs is 3. The summed E-state index contributed by atoms with van der Waals surface area (Å²) in [5.41, 5.74) is 5.54. The third kappa shape index (κ3) is 5.06. The van der Waals surface area contributed by atoms with Crippen LogP contribution in [0.4, 0.5) is 10.5 Å². The fourth-order valence-corrected chi connectivity index (χ4v) is 5.15. The molecule has 0 spiro atoms. The molecule has 202 valence electrons. The molecular weight excluding hydrogens is 493 g/mol. The molecule has 5 rings (SSSR count). The Balaban J connectivity index is 1.38. The van der Waals surface area contributed by atoms with Crippen LogP contribution in [0.1, 0.15) is 50.3 Å². The largest absolute Gasteiger partial charge is 0.494 e. The molecule has 1 aliphatic carbocycles. The maximum absolute atomic E-state index is 13.3. The zero-order valence-electron chi connectivity index (χ0n) is 23.3. The fraction of sp³-hybridized carbons (Fsp3) is 0.355. The predicted octanol–water partition coefficient (Wildman–Crippen LogP) is 5.09. The number of esters is 1. The van der Waals surface area contributed by atoms with Crippen LogP contribution in [0.25, 0.3) is 11.1 Å². The van der Waals surface area contributed by atoms with Gasteiger partial charge in [-0.15, -0.1) is 0 Å². The Kier molecular flexibility index (Phi) is 7.03. The topological polar surface area (TPSA) is 74.3 Å². The predicted molar refractivity (Wildman–Crippen MR) is 151 cm³/mol. The number of carbonyl (C=O) groups excluding carboxylic acids is 2. The van der Waals surface area contributed by atoms with E-state index in [-0.39, 0.29) is 24.9 Å². The van der Waals surface area contributed by atoms with Crippen molar-refractivity contribution in [1.82, 2.24) is 0 Å². The van der Waals surface area contributed by atoms with Crippen LogP contribution in [-0.2, 0) is 30.0 Å². The Bertz CT molecular complexity index is 1360. The van der Waals surface area contributed by atoms with Crippen LogP contribution in [0.3, 0.4) is 0 Å².